The van der Waals surface area contributed by atoms with E-state index in [9.17, 15) is 8.78 Å². The molecule has 0 unspecified atom stereocenters. The van der Waals surface area contributed by atoms with Crippen molar-refractivity contribution in [3.05, 3.63) is 22.3 Å². The minimum Gasteiger partial charge on any atom is -0.382 e. The van der Waals surface area contributed by atoms with Crippen LogP contribution < -0.4 is 5.73 Å². The first-order chi connectivity index (χ1) is 6.57. The molecule has 3 nitrogen and oxygen atoms in total. The summed E-state index contributed by atoms with van der Waals surface area (Å²) < 4.78 is 24.8. The Balaban J connectivity index is 3.31. The average molecular weight is 218 g/mol. The zero-order valence-corrected chi connectivity index (χ0v) is 7.72. The third-order valence-electron chi connectivity index (χ3n) is 1.67. The largest absolute Gasteiger partial charge is 0.382 e. The van der Waals surface area contributed by atoms with Gasteiger partial charge < -0.3 is 5.73 Å². The van der Waals surface area contributed by atoms with E-state index in [0.717, 1.165) is 6.20 Å². The quantitative estimate of drug-likeness (QED) is 0.827. The van der Waals surface area contributed by atoms with Gasteiger partial charge in [-0.1, -0.05) is 11.6 Å². The highest BCUT2D eigenvalue weighted by molar-refractivity contribution is 6.33. The molecule has 0 aromatic carbocycles. The van der Waals surface area contributed by atoms with E-state index in [0.29, 0.717) is 0 Å². The fraction of sp³-hybridized carbons (Fsp3) is 0.250. The Bertz CT molecular complexity index is 387. The number of alkyl halides is 2. The third-order valence-corrected chi connectivity index (χ3v) is 2.09. The zero-order chi connectivity index (χ0) is 10.7. The number of halogens is 3. The maximum absolute atomic E-state index is 12.4. The summed E-state index contributed by atoms with van der Waals surface area (Å²) in [7, 11) is 0. The SMILES string of the molecule is N#CCc1c(C(F)F)cnc(N)c1Cl. The van der Waals surface area contributed by atoms with E-state index in [1.165, 1.54) is 0 Å². The smallest absolute Gasteiger partial charge is 0.265 e. The first-order valence-corrected chi connectivity index (χ1v) is 4.03. The van der Waals surface area contributed by atoms with Gasteiger partial charge in [0, 0.05) is 11.8 Å². The van der Waals surface area contributed by atoms with Gasteiger partial charge in [0.15, 0.2) is 0 Å². The standard InChI is InChI=1S/C8H6ClF2N3/c9-6-4(1-2-12)5(7(10)11)3-14-8(6)13/h3,7H,1H2,(H2,13,14). The van der Waals surface area contributed by atoms with Crippen LogP contribution in [0.3, 0.4) is 0 Å². The fourth-order valence-electron chi connectivity index (χ4n) is 1.00. The lowest BCUT2D eigenvalue weighted by atomic mass is 10.1. The molecule has 14 heavy (non-hydrogen) atoms. The molecule has 1 aromatic rings. The molecule has 1 rings (SSSR count). The Morgan fingerprint density at radius 3 is 2.79 bits per heavy atom. The van der Waals surface area contributed by atoms with E-state index >= 15 is 0 Å². The topological polar surface area (TPSA) is 62.7 Å². The van der Waals surface area contributed by atoms with E-state index in [-0.39, 0.29) is 28.4 Å². The first-order valence-electron chi connectivity index (χ1n) is 3.65. The van der Waals surface area contributed by atoms with E-state index in [1.807, 2.05) is 0 Å². The lowest BCUT2D eigenvalue weighted by Gasteiger charge is -2.08. The highest BCUT2D eigenvalue weighted by atomic mass is 35.5. The van der Waals surface area contributed by atoms with Gasteiger partial charge in [0.1, 0.15) is 5.82 Å². The highest BCUT2D eigenvalue weighted by Crippen LogP contribution is 2.30. The highest BCUT2D eigenvalue weighted by Gasteiger charge is 2.17. The molecule has 0 saturated carbocycles. The van der Waals surface area contributed by atoms with Gasteiger partial charge in [-0.15, -0.1) is 0 Å². The minimum absolute atomic E-state index is 0.0404. The number of pyridine rings is 1. The monoisotopic (exact) mass is 217 g/mol. The van der Waals surface area contributed by atoms with Crippen molar-refractivity contribution in [1.29, 1.82) is 5.26 Å². The number of nitrogen functional groups attached to an aromatic ring is 1. The molecular weight excluding hydrogens is 212 g/mol. The van der Waals surface area contributed by atoms with Gasteiger partial charge >= 0.3 is 0 Å². The Kier molecular flexibility index (Phi) is 3.20. The molecule has 0 aliphatic heterocycles. The molecule has 0 saturated heterocycles. The summed E-state index contributed by atoms with van der Waals surface area (Å²) in [4.78, 5) is 3.50. The number of rotatable bonds is 2. The van der Waals surface area contributed by atoms with Crippen LogP contribution >= 0.6 is 11.6 Å². The van der Waals surface area contributed by atoms with Gasteiger partial charge in [-0.05, 0) is 5.56 Å². The number of nitriles is 1. The van der Waals surface area contributed by atoms with Crippen molar-refractivity contribution in [2.45, 2.75) is 12.8 Å². The second-order valence-corrected chi connectivity index (χ2v) is 2.90. The number of hydrogen-bond donors (Lipinski definition) is 1. The van der Waals surface area contributed by atoms with Crippen molar-refractivity contribution in [3.63, 3.8) is 0 Å². The number of aromatic nitrogens is 1. The van der Waals surface area contributed by atoms with E-state index in [4.69, 9.17) is 22.6 Å². The molecule has 0 aliphatic rings. The summed E-state index contributed by atoms with van der Waals surface area (Å²) >= 11 is 5.65. The van der Waals surface area contributed by atoms with Gasteiger partial charge in [-0.2, -0.15) is 5.26 Å². The fourth-order valence-corrected chi connectivity index (χ4v) is 1.23. The first kappa shape index (κ1) is 10.7. The van der Waals surface area contributed by atoms with Crippen LogP contribution in [0.2, 0.25) is 5.02 Å². The summed E-state index contributed by atoms with van der Waals surface area (Å²) in [5.41, 5.74) is 5.03. The molecular formula is C8H6ClF2N3. The van der Waals surface area contributed by atoms with Crippen LogP contribution in [0, 0.1) is 11.3 Å². The number of anilines is 1. The Morgan fingerprint density at radius 1 is 1.64 bits per heavy atom. The molecule has 74 valence electrons. The van der Waals surface area contributed by atoms with Gasteiger partial charge in [-0.3, -0.25) is 0 Å². The van der Waals surface area contributed by atoms with Crippen molar-refractivity contribution in [3.8, 4) is 6.07 Å². The Morgan fingerprint density at radius 2 is 2.29 bits per heavy atom. The van der Waals surface area contributed by atoms with Crippen molar-refractivity contribution in [1.82, 2.24) is 4.98 Å². The van der Waals surface area contributed by atoms with Gasteiger partial charge in [0.05, 0.1) is 17.5 Å². The molecule has 0 aliphatic carbocycles. The summed E-state index contributed by atoms with van der Waals surface area (Å²) in [6.07, 6.45) is -1.96. The summed E-state index contributed by atoms with van der Waals surface area (Å²) in [6, 6.07) is 1.75. The molecule has 0 atom stereocenters. The predicted molar refractivity (Wildman–Crippen MR) is 47.9 cm³/mol. The van der Waals surface area contributed by atoms with Crippen LogP contribution in [0.15, 0.2) is 6.20 Å². The van der Waals surface area contributed by atoms with Crippen LogP contribution in [-0.4, -0.2) is 4.98 Å². The molecule has 1 heterocycles. The Hall–Kier alpha value is -1.41. The van der Waals surface area contributed by atoms with Crippen LogP contribution in [-0.2, 0) is 6.42 Å². The van der Waals surface area contributed by atoms with Crippen molar-refractivity contribution < 1.29 is 8.78 Å². The van der Waals surface area contributed by atoms with Crippen LogP contribution in [0.25, 0.3) is 0 Å². The lowest BCUT2D eigenvalue weighted by Crippen LogP contribution is -2.01. The van der Waals surface area contributed by atoms with Crippen LogP contribution in [0.4, 0.5) is 14.6 Å². The molecule has 0 bridgehead atoms. The normalized spacial score (nSPS) is 10.2. The van der Waals surface area contributed by atoms with Gasteiger partial charge in [0.25, 0.3) is 6.43 Å². The molecule has 2 N–H and O–H groups in total. The second-order valence-electron chi connectivity index (χ2n) is 2.53. The number of nitrogens with two attached hydrogens (primary N) is 1. The predicted octanol–water partition coefficient (Wildman–Crippen LogP) is 2.32. The van der Waals surface area contributed by atoms with Gasteiger partial charge in [0.2, 0.25) is 0 Å². The maximum atomic E-state index is 12.4. The molecule has 0 spiro atoms. The van der Waals surface area contributed by atoms with Crippen LogP contribution in [0.5, 0.6) is 0 Å². The maximum Gasteiger partial charge on any atom is 0.265 e. The van der Waals surface area contributed by atoms with E-state index in [2.05, 4.69) is 4.98 Å². The summed E-state index contributed by atoms with van der Waals surface area (Å²) in [5.74, 6) is -0.0404. The average Bonchev–Trinajstić information content (AvgIpc) is 2.13. The summed E-state index contributed by atoms with van der Waals surface area (Å²) in [5, 5.41) is 8.36. The zero-order valence-electron chi connectivity index (χ0n) is 6.97. The number of hydrogen-bond acceptors (Lipinski definition) is 3. The number of nitrogens with zero attached hydrogens (tertiary/aromatic N) is 2. The van der Waals surface area contributed by atoms with Crippen LogP contribution in [0.1, 0.15) is 17.6 Å². The molecule has 6 heteroatoms. The second kappa shape index (κ2) is 4.20. The minimum atomic E-state index is -2.70. The van der Waals surface area contributed by atoms with E-state index in [1.54, 1.807) is 6.07 Å². The lowest BCUT2D eigenvalue weighted by molar-refractivity contribution is 0.150. The van der Waals surface area contributed by atoms with E-state index < -0.39 is 6.43 Å². The molecule has 0 amide bonds. The van der Waals surface area contributed by atoms with Crippen molar-refractivity contribution in [2.75, 3.05) is 5.73 Å². The molecule has 0 fully saturated rings. The van der Waals surface area contributed by atoms with Gasteiger partial charge in [-0.25, -0.2) is 13.8 Å². The Labute approximate surface area is 84.1 Å². The van der Waals surface area contributed by atoms with Crippen molar-refractivity contribution in [2.24, 2.45) is 0 Å². The van der Waals surface area contributed by atoms with Crippen molar-refractivity contribution >= 4 is 17.4 Å². The summed E-state index contributed by atoms with van der Waals surface area (Å²) in [6.45, 7) is 0. The third kappa shape index (κ3) is 1.91. The molecule has 0 radical (unpaired) electrons. The molecule has 1 aromatic heterocycles.